The maximum absolute atomic E-state index is 13.9. The van der Waals surface area contributed by atoms with Crippen molar-refractivity contribution in [3.05, 3.63) is 0 Å². The van der Waals surface area contributed by atoms with Gasteiger partial charge in [-0.05, 0) is 0 Å². The molecular weight excluding hydrogens is 411 g/mol. The van der Waals surface area contributed by atoms with Crippen LogP contribution in [-0.4, -0.2) is 52.8 Å². The van der Waals surface area contributed by atoms with Crippen molar-refractivity contribution in [3.8, 4) is 0 Å². The highest BCUT2D eigenvalue weighted by atomic mass is 19.4. The van der Waals surface area contributed by atoms with Gasteiger partial charge in [-0.25, -0.2) is 9.13 Å². The minimum atomic E-state index is -7.49. The third kappa shape index (κ3) is 1.69. The van der Waals surface area contributed by atoms with E-state index in [2.05, 4.69) is 0 Å². The lowest BCUT2D eigenvalue weighted by Gasteiger charge is -2.40. The Labute approximate surface area is 125 Å². The quantitative estimate of drug-likeness (QED) is 0.472. The minimum absolute atomic E-state index is 1.81. The summed E-state index contributed by atoms with van der Waals surface area (Å²) in [4.78, 5) is -3.96. The predicted octanol–water partition coefficient (Wildman–Crippen LogP) is 4.28. The van der Waals surface area contributed by atoms with Crippen LogP contribution < -0.4 is 0 Å². The van der Waals surface area contributed by atoms with Crippen molar-refractivity contribution in [2.75, 3.05) is 0 Å². The number of nitrogens with zero attached hydrogens (tertiary/aromatic N) is 1. The van der Waals surface area contributed by atoms with Crippen LogP contribution in [0.3, 0.4) is 0 Å². The molecule has 2 heterocycles. The molecule has 2 aliphatic heterocycles. The molecule has 0 aromatic heterocycles. The Balaban J connectivity index is 2.88. The van der Waals surface area contributed by atoms with Crippen LogP contribution >= 0.6 is 0 Å². The lowest BCUT2D eigenvalue weighted by molar-refractivity contribution is -0.417. The highest BCUT2D eigenvalue weighted by molar-refractivity contribution is 5.21. The molecular formula is C8F15NO. The van der Waals surface area contributed by atoms with E-state index >= 15 is 0 Å². The lowest BCUT2D eigenvalue weighted by Crippen LogP contribution is -2.72. The molecule has 0 spiro atoms. The number of rotatable bonds is 1. The molecule has 2 fully saturated rings. The van der Waals surface area contributed by atoms with Crippen LogP contribution in [0.5, 0.6) is 0 Å². The van der Waals surface area contributed by atoms with E-state index in [0.29, 0.717) is 0 Å². The zero-order chi connectivity index (χ0) is 20.3. The van der Waals surface area contributed by atoms with Crippen LogP contribution in [0.1, 0.15) is 0 Å². The molecule has 2 nitrogen and oxygen atoms in total. The Morgan fingerprint density at radius 3 is 1.00 bits per heavy atom. The number of alkyl halides is 15. The van der Waals surface area contributed by atoms with Gasteiger partial charge in [-0.15, -0.1) is 4.90 Å². The molecule has 0 N–H and O–H groups in total. The van der Waals surface area contributed by atoms with E-state index in [1.165, 1.54) is 0 Å². The largest absolute Gasteiger partial charge is 0.429 e. The molecule has 2 aliphatic rings. The summed E-state index contributed by atoms with van der Waals surface area (Å²) < 4.78 is 198. The fourth-order valence-corrected chi connectivity index (χ4v) is 2.16. The zero-order valence-corrected chi connectivity index (χ0v) is 10.5. The smallest absolute Gasteiger partial charge is 0.246 e. The maximum atomic E-state index is 13.9. The summed E-state index contributed by atoms with van der Waals surface area (Å²) in [6, 6.07) is -14.9. The van der Waals surface area contributed by atoms with Gasteiger partial charge in [0.05, 0.1) is 0 Å². The Morgan fingerprint density at radius 1 is 0.440 bits per heavy atom. The number of halogens is 15. The van der Waals surface area contributed by atoms with Crippen LogP contribution in [-0.2, 0) is 4.74 Å². The molecule has 0 saturated carbocycles. The highest BCUT2D eigenvalue weighted by Crippen LogP contribution is 2.71. The minimum Gasteiger partial charge on any atom is -0.246 e. The molecule has 0 aliphatic carbocycles. The molecule has 2 rings (SSSR count). The van der Waals surface area contributed by atoms with Crippen LogP contribution in [0.15, 0.2) is 0 Å². The van der Waals surface area contributed by atoms with E-state index in [-0.39, 0.29) is 0 Å². The van der Waals surface area contributed by atoms with Gasteiger partial charge in [0.15, 0.2) is 0 Å². The summed E-state index contributed by atoms with van der Waals surface area (Å²) in [6.45, 7) is 0. The summed E-state index contributed by atoms with van der Waals surface area (Å²) in [5.41, 5.74) is 0. The highest BCUT2D eigenvalue weighted by Gasteiger charge is 3.03. The van der Waals surface area contributed by atoms with Crippen LogP contribution in [0.25, 0.3) is 0 Å². The van der Waals surface area contributed by atoms with E-state index in [0.717, 1.165) is 0 Å². The Kier molecular flexibility index (Phi) is 3.41. The van der Waals surface area contributed by atoms with Crippen molar-refractivity contribution in [2.24, 2.45) is 0 Å². The molecule has 0 aromatic rings. The molecule has 17 heteroatoms. The number of ether oxygens (including phenoxy) is 1. The molecule has 0 amide bonds. The van der Waals surface area contributed by atoms with Gasteiger partial charge < -0.3 is 0 Å². The summed E-state index contributed by atoms with van der Waals surface area (Å²) >= 11 is 0. The second kappa shape index (κ2) is 4.23. The third-order valence-electron chi connectivity index (χ3n) is 3.44. The van der Waals surface area contributed by atoms with Crippen LogP contribution in [0.2, 0.25) is 0 Å². The Morgan fingerprint density at radius 2 is 0.760 bits per heavy atom. The van der Waals surface area contributed by atoms with E-state index in [4.69, 9.17) is 0 Å². The standard InChI is InChI=1S/C8F15NO/c9-1(10)2(11,12)6(18,19)24(5(1,16)17)4(15)3(13,14)7(20,21)25-8(4,22)23. The molecule has 0 aromatic carbocycles. The summed E-state index contributed by atoms with van der Waals surface area (Å²) in [6.07, 6.45) is -13.8. The second-order valence-corrected chi connectivity index (χ2v) is 4.90. The molecule has 1 atom stereocenters. The SMILES string of the molecule is FC1(F)OC(F)(F)C(F)(N2C(F)(F)C(F)(F)C(F)(F)C2(F)F)C1(F)F. The van der Waals surface area contributed by atoms with Gasteiger partial charge in [0, 0.05) is 0 Å². The normalized spacial score (nSPS) is 39.5. The lowest BCUT2D eigenvalue weighted by atomic mass is 10.1. The van der Waals surface area contributed by atoms with Crippen molar-refractivity contribution >= 4 is 0 Å². The first kappa shape index (κ1) is 20.2. The van der Waals surface area contributed by atoms with E-state index in [1.807, 2.05) is 4.74 Å². The predicted molar refractivity (Wildman–Crippen MR) is 41.4 cm³/mol. The molecule has 1 unspecified atom stereocenters. The molecule has 2 saturated heterocycles. The van der Waals surface area contributed by atoms with E-state index < -0.39 is 52.8 Å². The molecule has 25 heavy (non-hydrogen) atoms. The zero-order valence-electron chi connectivity index (χ0n) is 10.5. The van der Waals surface area contributed by atoms with Crippen LogP contribution in [0.4, 0.5) is 65.9 Å². The van der Waals surface area contributed by atoms with Gasteiger partial charge in [0.25, 0.3) is 0 Å². The first-order valence-electron chi connectivity index (χ1n) is 5.41. The van der Waals surface area contributed by atoms with Crippen molar-refractivity contribution in [1.82, 2.24) is 4.90 Å². The maximum Gasteiger partial charge on any atom is 0.429 e. The van der Waals surface area contributed by atoms with Gasteiger partial charge in [0.1, 0.15) is 0 Å². The average molecular weight is 411 g/mol. The first-order valence-corrected chi connectivity index (χ1v) is 5.41. The fraction of sp³-hybridized carbons (Fsp3) is 1.00. The van der Waals surface area contributed by atoms with Crippen molar-refractivity contribution in [3.63, 3.8) is 0 Å². The molecule has 0 radical (unpaired) electrons. The molecule has 0 bridgehead atoms. The van der Waals surface area contributed by atoms with Gasteiger partial charge >= 0.3 is 47.9 Å². The van der Waals surface area contributed by atoms with E-state index in [1.54, 1.807) is 0 Å². The number of hydrogen-bond acceptors (Lipinski definition) is 2. The van der Waals surface area contributed by atoms with Crippen molar-refractivity contribution in [2.45, 2.75) is 47.9 Å². The second-order valence-electron chi connectivity index (χ2n) is 4.90. The number of likely N-dealkylation sites (tertiary alicyclic amines) is 1. The Bertz CT molecular complexity index is 572. The van der Waals surface area contributed by atoms with E-state index in [9.17, 15) is 65.9 Å². The summed E-state index contributed by atoms with van der Waals surface area (Å²) in [7, 11) is 0. The fourth-order valence-electron chi connectivity index (χ4n) is 2.16. The van der Waals surface area contributed by atoms with Gasteiger partial charge in [-0.3, -0.25) is 0 Å². The number of hydrogen-bond donors (Lipinski definition) is 0. The van der Waals surface area contributed by atoms with Crippen LogP contribution in [0, 0.1) is 0 Å². The summed E-state index contributed by atoms with van der Waals surface area (Å²) in [5, 5.41) is 0. The molecule has 148 valence electrons. The average Bonchev–Trinajstić information content (AvgIpc) is 2.47. The first-order chi connectivity index (χ1) is 10.6. The monoisotopic (exact) mass is 411 g/mol. The third-order valence-corrected chi connectivity index (χ3v) is 3.44. The van der Waals surface area contributed by atoms with Crippen molar-refractivity contribution in [1.29, 1.82) is 0 Å². The summed E-state index contributed by atoms with van der Waals surface area (Å²) in [5.74, 6) is -29.7. The van der Waals surface area contributed by atoms with Gasteiger partial charge in [-0.1, -0.05) is 0 Å². The van der Waals surface area contributed by atoms with Gasteiger partial charge in [-0.2, -0.15) is 61.5 Å². The topological polar surface area (TPSA) is 12.5 Å². The van der Waals surface area contributed by atoms with Gasteiger partial charge in [0.2, 0.25) is 0 Å². The van der Waals surface area contributed by atoms with Crippen molar-refractivity contribution < 1.29 is 70.6 Å². The Hall–Kier alpha value is -1.13.